The molecule has 0 unspecified atom stereocenters. The van der Waals surface area contributed by atoms with Crippen LogP contribution in [0.3, 0.4) is 0 Å². The van der Waals surface area contributed by atoms with Crippen LogP contribution < -0.4 is 0 Å². The van der Waals surface area contributed by atoms with Gasteiger partial charge in [-0.2, -0.15) is 0 Å². The van der Waals surface area contributed by atoms with E-state index in [4.69, 9.17) is 11.6 Å². The number of benzene rings is 1. The lowest BCUT2D eigenvalue weighted by molar-refractivity contribution is 0.104. The highest BCUT2D eigenvalue weighted by molar-refractivity contribution is 6.17. The number of hydrogen-bond donors (Lipinski definition) is 0. The van der Waals surface area contributed by atoms with Gasteiger partial charge in [0.2, 0.25) is 0 Å². The molecular formula is C13H15ClO. The van der Waals surface area contributed by atoms with Gasteiger partial charge >= 0.3 is 0 Å². The number of ketones is 1. The minimum absolute atomic E-state index is 0.0708. The first-order valence-corrected chi connectivity index (χ1v) is 5.70. The predicted octanol–water partition coefficient (Wildman–Crippen LogP) is 3.83. The molecule has 0 saturated carbocycles. The zero-order valence-corrected chi connectivity index (χ0v) is 9.41. The van der Waals surface area contributed by atoms with Gasteiger partial charge in [0.1, 0.15) is 0 Å². The zero-order valence-electron chi connectivity index (χ0n) is 8.66. The van der Waals surface area contributed by atoms with Crippen LogP contribution in [0, 0.1) is 0 Å². The molecule has 0 bridgehead atoms. The number of carbonyl (C=O) groups excluding carboxylic acids is 1. The third-order valence-electron chi connectivity index (χ3n) is 2.08. The van der Waals surface area contributed by atoms with E-state index in [-0.39, 0.29) is 5.78 Å². The first-order valence-electron chi connectivity index (χ1n) is 5.16. The fourth-order valence-corrected chi connectivity index (χ4v) is 1.43. The normalized spacial score (nSPS) is 10.7. The van der Waals surface area contributed by atoms with Crippen LogP contribution in [0.2, 0.25) is 0 Å². The quantitative estimate of drug-likeness (QED) is 0.309. The topological polar surface area (TPSA) is 17.1 Å². The molecule has 0 aliphatic heterocycles. The molecule has 0 aliphatic carbocycles. The van der Waals surface area contributed by atoms with E-state index < -0.39 is 0 Å². The van der Waals surface area contributed by atoms with Crippen LogP contribution in [-0.2, 0) is 0 Å². The van der Waals surface area contributed by atoms with E-state index in [9.17, 15) is 4.79 Å². The van der Waals surface area contributed by atoms with Gasteiger partial charge in [-0.05, 0) is 25.3 Å². The van der Waals surface area contributed by atoms with Crippen molar-refractivity contribution in [2.75, 3.05) is 5.88 Å². The SMILES string of the molecule is O=C(/C=C/CCCCCl)c1ccccc1. The molecule has 15 heavy (non-hydrogen) atoms. The Labute approximate surface area is 95.8 Å². The van der Waals surface area contributed by atoms with Gasteiger partial charge in [-0.25, -0.2) is 0 Å². The minimum atomic E-state index is 0.0708. The lowest BCUT2D eigenvalue weighted by Gasteiger charge is -1.94. The smallest absolute Gasteiger partial charge is 0.185 e. The molecule has 1 rings (SSSR count). The molecular weight excluding hydrogens is 208 g/mol. The van der Waals surface area contributed by atoms with Gasteiger partial charge in [0.05, 0.1) is 0 Å². The van der Waals surface area contributed by atoms with Crippen LogP contribution >= 0.6 is 11.6 Å². The summed E-state index contributed by atoms with van der Waals surface area (Å²) in [6, 6.07) is 9.29. The van der Waals surface area contributed by atoms with Crippen LogP contribution in [0.1, 0.15) is 29.6 Å². The molecule has 1 aromatic carbocycles. The fraction of sp³-hybridized carbons (Fsp3) is 0.308. The van der Waals surface area contributed by atoms with Gasteiger partial charge in [0.25, 0.3) is 0 Å². The van der Waals surface area contributed by atoms with Crippen molar-refractivity contribution in [1.29, 1.82) is 0 Å². The van der Waals surface area contributed by atoms with Gasteiger partial charge in [-0.3, -0.25) is 4.79 Å². The Kier molecular flexibility index (Phi) is 5.79. The summed E-state index contributed by atoms with van der Waals surface area (Å²) in [6.45, 7) is 0. The number of allylic oxidation sites excluding steroid dienone is 2. The van der Waals surface area contributed by atoms with Crippen LogP contribution in [0.5, 0.6) is 0 Å². The Hall–Kier alpha value is -1.08. The summed E-state index contributed by atoms with van der Waals surface area (Å²) in [5.74, 6) is 0.766. The first kappa shape index (κ1) is 12.0. The Morgan fingerprint density at radius 2 is 1.93 bits per heavy atom. The molecule has 0 N–H and O–H groups in total. The van der Waals surface area contributed by atoms with E-state index in [0.717, 1.165) is 24.8 Å². The summed E-state index contributed by atoms with van der Waals surface area (Å²) in [5, 5.41) is 0. The van der Waals surface area contributed by atoms with Gasteiger partial charge in [0, 0.05) is 11.4 Å². The minimum Gasteiger partial charge on any atom is -0.289 e. The van der Waals surface area contributed by atoms with E-state index in [0.29, 0.717) is 5.88 Å². The van der Waals surface area contributed by atoms with E-state index in [1.54, 1.807) is 6.08 Å². The maximum absolute atomic E-state index is 11.6. The first-order chi connectivity index (χ1) is 7.34. The molecule has 0 heterocycles. The summed E-state index contributed by atoms with van der Waals surface area (Å²) in [6.07, 6.45) is 6.53. The number of alkyl halides is 1. The van der Waals surface area contributed by atoms with Crippen LogP contribution in [0.4, 0.5) is 0 Å². The van der Waals surface area contributed by atoms with Crippen LogP contribution in [0.25, 0.3) is 0 Å². The number of hydrogen-bond acceptors (Lipinski definition) is 1. The number of carbonyl (C=O) groups is 1. The van der Waals surface area contributed by atoms with Gasteiger partial charge in [-0.1, -0.05) is 36.4 Å². The van der Waals surface area contributed by atoms with Crippen molar-refractivity contribution in [1.82, 2.24) is 0 Å². The molecule has 80 valence electrons. The van der Waals surface area contributed by atoms with E-state index >= 15 is 0 Å². The maximum atomic E-state index is 11.6. The van der Waals surface area contributed by atoms with Crippen LogP contribution in [-0.4, -0.2) is 11.7 Å². The van der Waals surface area contributed by atoms with Crippen LogP contribution in [0.15, 0.2) is 42.5 Å². The summed E-state index contributed by atoms with van der Waals surface area (Å²) in [5.41, 5.74) is 0.742. The highest BCUT2D eigenvalue weighted by Gasteiger charge is 1.98. The lowest BCUT2D eigenvalue weighted by Crippen LogP contribution is -1.92. The second-order valence-corrected chi connectivity index (χ2v) is 3.70. The molecule has 0 spiro atoms. The number of halogens is 1. The standard InChI is InChI=1S/C13H15ClO/c14-11-7-2-1-6-10-13(15)12-8-4-3-5-9-12/h3-6,8-10H,1-2,7,11H2/b10-6+. The third kappa shape index (κ3) is 4.80. The molecule has 1 nitrogen and oxygen atoms in total. The van der Waals surface area contributed by atoms with Crippen molar-refractivity contribution in [2.24, 2.45) is 0 Å². The van der Waals surface area contributed by atoms with Gasteiger partial charge < -0.3 is 0 Å². The van der Waals surface area contributed by atoms with E-state index in [1.807, 2.05) is 36.4 Å². The van der Waals surface area contributed by atoms with Crippen molar-refractivity contribution in [3.63, 3.8) is 0 Å². The Morgan fingerprint density at radius 3 is 2.60 bits per heavy atom. The molecule has 0 atom stereocenters. The molecule has 0 aliphatic rings. The third-order valence-corrected chi connectivity index (χ3v) is 2.35. The number of rotatable bonds is 6. The van der Waals surface area contributed by atoms with Gasteiger partial charge in [0.15, 0.2) is 5.78 Å². The molecule has 0 saturated heterocycles. The summed E-state index contributed by atoms with van der Waals surface area (Å²) in [4.78, 5) is 11.6. The van der Waals surface area contributed by atoms with Crippen molar-refractivity contribution in [3.05, 3.63) is 48.0 Å². The number of unbranched alkanes of at least 4 members (excludes halogenated alkanes) is 2. The Bertz CT molecular complexity index is 317. The maximum Gasteiger partial charge on any atom is 0.185 e. The Balaban J connectivity index is 2.36. The summed E-state index contributed by atoms with van der Waals surface area (Å²) >= 11 is 5.55. The zero-order chi connectivity index (χ0) is 10.9. The molecule has 0 fully saturated rings. The van der Waals surface area contributed by atoms with Crippen molar-refractivity contribution < 1.29 is 4.79 Å². The van der Waals surface area contributed by atoms with Crippen molar-refractivity contribution >= 4 is 17.4 Å². The molecule has 0 amide bonds. The second-order valence-electron chi connectivity index (χ2n) is 3.32. The second kappa shape index (κ2) is 7.24. The molecule has 0 aromatic heterocycles. The molecule has 1 aromatic rings. The van der Waals surface area contributed by atoms with Gasteiger partial charge in [-0.15, -0.1) is 11.6 Å². The highest BCUT2D eigenvalue weighted by Crippen LogP contribution is 2.03. The van der Waals surface area contributed by atoms with E-state index in [2.05, 4.69) is 0 Å². The highest BCUT2D eigenvalue weighted by atomic mass is 35.5. The van der Waals surface area contributed by atoms with E-state index in [1.165, 1.54) is 0 Å². The monoisotopic (exact) mass is 222 g/mol. The summed E-state index contributed by atoms with van der Waals surface area (Å²) < 4.78 is 0. The predicted molar refractivity (Wildman–Crippen MR) is 64.5 cm³/mol. The largest absolute Gasteiger partial charge is 0.289 e. The molecule has 0 radical (unpaired) electrons. The Morgan fingerprint density at radius 1 is 1.20 bits per heavy atom. The summed E-state index contributed by atoms with van der Waals surface area (Å²) in [7, 11) is 0. The molecule has 2 heteroatoms. The van der Waals surface area contributed by atoms with Crippen molar-refractivity contribution in [3.8, 4) is 0 Å². The average molecular weight is 223 g/mol. The lowest BCUT2D eigenvalue weighted by atomic mass is 10.1. The van der Waals surface area contributed by atoms with Crippen molar-refractivity contribution in [2.45, 2.75) is 19.3 Å². The fourth-order valence-electron chi connectivity index (χ4n) is 1.25. The average Bonchev–Trinajstić information content (AvgIpc) is 2.30.